The molecule has 0 aliphatic rings. The molecule has 8 nitrogen and oxygen atoms in total. The minimum absolute atomic E-state index is 0.105. The van der Waals surface area contributed by atoms with Gasteiger partial charge in [-0.1, -0.05) is 39.0 Å². The molecular formula is C13H21N7O. The highest BCUT2D eigenvalue weighted by atomic mass is 16.5. The molecule has 0 atom stereocenters. The number of hydrogen-bond acceptors (Lipinski definition) is 7. The Morgan fingerprint density at radius 1 is 1.10 bits per heavy atom. The SMILES string of the molecule is CCCCCCCCOc1nc(N)nc(-n2cncn2)n1. The zero-order chi connectivity index (χ0) is 14.9. The van der Waals surface area contributed by atoms with E-state index < -0.39 is 0 Å². The third-order valence-corrected chi connectivity index (χ3v) is 2.97. The summed E-state index contributed by atoms with van der Waals surface area (Å²) in [6.45, 7) is 2.79. The van der Waals surface area contributed by atoms with Gasteiger partial charge in [-0.2, -0.15) is 24.7 Å². The average molecular weight is 291 g/mol. The average Bonchev–Trinajstić information content (AvgIpc) is 3.00. The predicted octanol–water partition coefficient (Wildman–Crippen LogP) is 1.77. The standard InChI is InChI=1S/C13H21N7O/c1-2-3-4-5-6-7-8-21-13-18-11(14)17-12(19-13)20-10-15-9-16-20/h9-10H,2-8H2,1H3,(H2,14,17,18,19). The van der Waals surface area contributed by atoms with Crippen LogP contribution in [0.15, 0.2) is 12.7 Å². The van der Waals surface area contributed by atoms with Gasteiger partial charge in [-0.3, -0.25) is 0 Å². The molecule has 2 N–H and O–H groups in total. The molecule has 2 aromatic heterocycles. The quantitative estimate of drug-likeness (QED) is 0.702. The zero-order valence-corrected chi connectivity index (χ0v) is 12.3. The first-order chi connectivity index (χ1) is 10.3. The molecule has 0 saturated carbocycles. The van der Waals surface area contributed by atoms with Crippen molar-refractivity contribution in [1.82, 2.24) is 29.7 Å². The van der Waals surface area contributed by atoms with Crippen molar-refractivity contribution < 1.29 is 4.74 Å². The van der Waals surface area contributed by atoms with Crippen molar-refractivity contribution in [2.75, 3.05) is 12.3 Å². The number of aromatic nitrogens is 6. The van der Waals surface area contributed by atoms with E-state index in [1.165, 1.54) is 43.0 Å². The summed E-state index contributed by atoms with van der Waals surface area (Å²) in [6, 6.07) is 0.224. The smallest absolute Gasteiger partial charge is 0.323 e. The molecule has 0 amide bonds. The van der Waals surface area contributed by atoms with Gasteiger partial charge in [0.2, 0.25) is 5.95 Å². The number of nitrogens with two attached hydrogens (primary N) is 1. The maximum atomic E-state index is 5.65. The lowest BCUT2D eigenvalue weighted by molar-refractivity contribution is 0.280. The number of anilines is 1. The van der Waals surface area contributed by atoms with Gasteiger partial charge in [0.1, 0.15) is 12.7 Å². The van der Waals surface area contributed by atoms with Crippen LogP contribution in [0.25, 0.3) is 5.95 Å². The Morgan fingerprint density at radius 3 is 2.67 bits per heavy atom. The summed E-state index contributed by atoms with van der Waals surface area (Å²) in [6.07, 6.45) is 10.1. The lowest BCUT2D eigenvalue weighted by Crippen LogP contribution is -2.10. The third kappa shape index (κ3) is 4.97. The van der Waals surface area contributed by atoms with Gasteiger partial charge < -0.3 is 10.5 Å². The summed E-state index contributed by atoms with van der Waals surface area (Å²) < 4.78 is 6.94. The molecule has 0 radical (unpaired) electrons. The van der Waals surface area contributed by atoms with Crippen LogP contribution >= 0.6 is 0 Å². The predicted molar refractivity (Wildman–Crippen MR) is 78.0 cm³/mol. The molecule has 2 aromatic rings. The molecule has 114 valence electrons. The summed E-state index contributed by atoms with van der Waals surface area (Å²) in [7, 11) is 0. The van der Waals surface area contributed by atoms with Gasteiger partial charge in [-0.05, 0) is 6.42 Å². The van der Waals surface area contributed by atoms with E-state index in [1.54, 1.807) is 0 Å². The van der Waals surface area contributed by atoms with Gasteiger partial charge in [0.05, 0.1) is 6.61 Å². The molecule has 0 unspecified atom stereocenters. The number of hydrogen-bond donors (Lipinski definition) is 1. The van der Waals surface area contributed by atoms with Crippen LogP contribution in [0.1, 0.15) is 45.4 Å². The van der Waals surface area contributed by atoms with Crippen LogP contribution in [0.4, 0.5) is 5.95 Å². The van der Waals surface area contributed by atoms with Crippen molar-refractivity contribution in [3.63, 3.8) is 0 Å². The molecule has 0 saturated heterocycles. The van der Waals surface area contributed by atoms with E-state index in [4.69, 9.17) is 10.5 Å². The molecule has 0 aliphatic carbocycles. The van der Waals surface area contributed by atoms with E-state index in [0.717, 1.165) is 12.8 Å². The molecule has 0 aromatic carbocycles. The minimum atomic E-state index is 0.105. The summed E-state index contributed by atoms with van der Waals surface area (Å²) in [5, 5.41) is 3.95. The fourth-order valence-electron chi connectivity index (χ4n) is 1.89. The van der Waals surface area contributed by atoms with Gasteiger partial charge in [0.25, 0.3) is 5.95 Å². The van der Waals surface area contributed by atoms with Crippen molar-refractivity contribution in [2.24, 2.45) is 0 Å². The van der Waals surface area contributed by atoms with Gasteiger partial charge in [0.15, 0.2) is 0 Å². The minimum Gasteiger partial charge on any atom is -0.463 e. The Hall–Kier alpha value is -2.25. The van der Waals surface area contributed by atoms with Gasteiger partial charge in [-0.15, -0.1) is 0 Å². The molecular weight excluding hydrogens is 270 g/mol. The van der Waals surface area contributed by atoms with Crippen molar-refractivity contribution in [3.8, 4) is 12.0 Å². The molecule has 2 rings (SSSR count). The van der Waals surface area contributed by atoms with Crippen molar-refractivity contribution in [3.05, 3.63) is 12.7 Å². The van der Waals surface area contributed by atoms with Crippen LogP contribution in [0, 0.1) is 0 Å². The first kappa shape index (κ1) is 15.1. The van der Waals surface area contributed by atoms with Crippen LogP contribution in [0.5, 0.6) is 6.01 Å². The van der Waals surface area contributed by atoms with Crippen molar-refractivity contribution in [2.45, 2.75) is 45.4 Å². The molecule has 21 heavy (non-hydrogen) atoms. The topological polar surface area (TPSA) is 105 Å². The molecule has 0 bridgehead atoms. The Kier molecular flexibility index (Phi) is 5.86. The van der Waals surface area contributed by atoms with E-state index in [0.29, 0.717) is 12.6 Å². The van der Waals surface area contributed by atoms with Crippen LogP contribution in [-0.4, -0.2) is 36.3 Å². The second-order valence-corrected chi connectivity index (χ2v) is 4.73. The van der Waals surface area contributed by atoms with E-state index in [-0.39, 0.29) is 12.0 Å². The summed E-state index contributed by atoms with van der Waals surface area (Å²) in [4.78, 5) is 16.0. The normalized spacial score (nSPS) is 10.7. The van der Waals surface area contributed by atoms with E-state index in [1.807, 2.05) is 0 Å². The highest BCUT2D eigenvalue weighted by molar-refractivity contribution is 5.23. The van der Waals surface area contributed by atoms with Crippen LogP contribution < -0.4 is 10.5 Å². The zero-order valence-electron chi connectivity index (χ0n) is 12.3. The second kappa shape index (κ2) is 8.13. The number of rotatable bonds is 9. The molecule has 0 fully saturated rings. The summed E-state index contributed by atoms with van der Waals surface area (Å²) >= 11 is 0. The first-order valence-electron chi connectivity index (χ1n) is 7.29. The van der Waals surface area contributed by atoms with Crippen LogP contribution in [0.2, 0.25) is 0 Å². The maximum Gasteiger partial charge on any atom is 0.323 e. The molecule has 2 heterocycles. The fourth-order valence-corrected chi connectivity index (χ4v) is 1.89. The lowest BCUT2D eigenvalue weighted by atomic mass is 10.1. The number of nitrogens with zero attached hydrogens (tertiary/aromatic N) is 6. The van der Waals surface area contributed by atoms with Crippen molar-refractivity contribution in [1.29, 1.82) is 0 Å². The monoisotopic (exact) mass is 291 g/mol. The summed E-state index contributed by atoms with van der Waals surface area (Å²) in [5.41, 5.74) is 5.65. The molecule has 0 spiro atoms. The fraction of sp³-hybridized carbons (Fsp3) is 0.615. The van der Waals surface area contributed by atoms with Crippen LogP contribution in [-0.2, 0) is 0 Å². The van der Waals surface area contributed by atoms with Gasteiger partial charge in [0, 0.05) is 0 Å². The highest BCUT2D eigenvalue weighted by Crippen LogP contribution is 2.09. The van der Waals surface area contributed by atoms with E-state index in [9.17, 15) is 0 Å². The Morgan fingerprint density at radius 2 is 1.90 bits per heavy atom. The Bertz CT molecular complexity index is 529. The van der Waals surface area contributed by atoms with Gasteiger partial charge >= 0.3 is 6.01 Å². The largest absolute Gasteiger partial charge is 0.463 e. The lowest BCUT2D eigenvalue weighted by Gasteiger charge is -2.06. The highest BCUT2D eigenvalue weighted by Gasteiger charge is 2.07. The Labute approximate surface area is 123 Å². The van der Waals surface area contributed by atoms with Crippen molar-refractivity contribution >= 4 is 5.95 Å². The first-order valence-corrected chi connectivity index (χ1v) is 7.29. The van der Waals surface area contributed by atoms with E-state index in [2.05, 4.69) is 32.0 Å². The third-order valence-electron chi connectivity index (χ3n) is 2.97. The number of nitrogen functional groups attached to an aromatic ring is 1. The Balaban J connectivity index is 1.81. The number of ether oxygens (including phenoxy) is 1. The maximum absolute atomic E-state index is 5.65. The van der Waals surface area contributed by atoms with Gasteiger partial charge in [-0.25, -0.2) is 4.98 Å². The molecule has 0 aliphatic heterocycles. The van der Waals surface area contributed by atoms with Crippen LogP contribution in [0.3, 0.4) is 0 Å². The second-order valence-electron chi connectivity index (χ2n) is 4.73. The number of unbranched alkanes of at least 4 members (excludes halogenated alkanes) is 5. The molecule has 8 heteroatoms. The summed E-state index contributed by atoms with van der Waals surface area (Å²) in [5.74, 6) is 0.409. The van der Waals surface area contributed by atoms with E-state index >= 15 is 0 Å².